The summed E-state index contributed by atoms with van der Waals surface area (Å²) in [6, 6.07) is 15.4. The number of fused-ring (bicyclic) bond motifs is 3. The Morgan fingerprint density at radius 3 is 2.44 bits per heavy atom. The number of sulfonamides is 1. The van der Waals surface area contributed by atoms with E-state index in [1.54, 1.807) is 43.3 Å². The third-order valence-electron chi connectivity index (χ3n) is 5.37. The van der Waals surface area contributed by atoms with E-state index in [4.69, 9.17) is 0 Å². The lowest BCUT2D eigenvalue weighted by Gasteiger charge is -2.38. The molecule has 0 radical (unpaired) electrons. The molecule has 0 saturated carbocycles. The Morgan fingerprint density at radius 1 is 1.04 bits per heavy atom. The van der Waals surface area contributed by atoms with Crippen molar-refractivity contribution in [2.75, 3.05) is 4.31 Å². The topological polar surface area (TPSA) is 54.5 Å². The van der Waals surface area contributed by atoms with Gasteiger partial charge in [-0.2, -0.15) is 0 Å². The largest absolute Gasteiger partial charge is 0.299 e. The van der Waals surface area contributed by atoms with E-state index >= 15 is 0 Å². The lowest BCUT2D eigenvalue weighted by atomic mass is 9.68. The first-order valence-electron chi connectivity index (χ1n) is 8.34. The molecular weight excluding hydrogens is 334 g/mol. The van der Waals surface area contributed by atoms with Gasteiger partial charge in [-0.05, 0) is 43.5 Å². The lowest BCUT2D eigenvalue weighted by Crippen LogP contribution is -2.51. The number of rotatable bonds is 3. The molecule has 0 bridgehead atoms. The molecule has 128 valence electrons. The Morgan fingerprint density at radius 2 is 1.72 bits per heavy atom. The van der Waals surface area contributed by atoms with Gasteiger partial charge in [-0.3, -0.25) is 9.10 Å². The van der Waals surface area contributed by atoms with Gasteiger partial charge in [0.1, 0.15) is 5.78 Å². The summed E-state index contributed by atoms with van der Waals surface area (Å²) in [6.45, 7) is 1.57. The van der Waals surface area contributed by atoms with Crippen molar-refractivity contribution in [3.63, 3.8) is 0 Å². The molecule has 0 N–H and O–H groups in total. The summed E-state index contributed by atoms with van der Waals surface area (Å²) in [6.07, 6.45) is 5.03. The fraction of sp³-hybridized carbons (Fsp3) is 0.250. The van der Waals surface area contributed by atoms with Gasteiger partial charge in [0, 0.05) is 0 Å². The summed E-state index contributed by atoms with van der Waals surface area (Å²) in [4.78, 5) is 13.0. The van der Waals surface area contributed by atoms with Crippen LogP contribution in [0.3, 0.4) is 0 Å². The first kappa shape index (κ1) is 16.1. The van der Waals surface area contributed by atoms with E-state index in [1.807, 2.05) is 30.4 Å². The average molecular weight is 353 g/mol. The van der Waals surface area contributed by atoms with Crippen LogP contribution in [0.4, 0.5) is 5.69 Å². The Bertz CT molecular complexity index is 965. The summed E-state index contributed by atoms with van der Waals surface area (Å²) in [5.41, 5.74) is 0.638. The second-order valence-electron chi connectivity index (χ2n) is 6.59. The molecule has 1 heterocycles. The van der Waals surface area contributed by atoms with E-state index in [2.05, 4.69) is 0 Å². The van der Waals surface area contributed by atoms with Crippen LogP contribution in [0.5, 0.6) is 0 Å². The maximum absolute atomic E-state index is 13.4. The minimum absolute atomic E-state index is 0.0139. The summed E-state index contributed by atoms with van der Waals surface area (Å²) >= 11 is 0. The molecule has 25 heavy (non-hydrogen) atoms. The Hall–Kier alpha value is -2.40. The van der Waals surface area contributed by atoms with E-state index in [0.29, 0.717) is 18.5 Å². The Balaban J connectivity index is 1.98. The SMILES string of the molecule is CC(=O)[C@@]12CC=CC[C@@H]1N(S(=O)(=O)c1ccccc1)c1ccccc12. The van der Waals surface area contributed by atoms with E-state index in [-0.39, 0.29) is 10.7 Å². The zero-order valence-electron chi connectivity index (χ0n) is 13.9. The summed E-state index contributed by atoms with van der Waals surface area (Å²) in [5.74, 6) is 0.0139. The molecule has 4 nitrogen and oxygen atoms in total. The summed E-state index contributed by atoms with van der Waals surface area (Å²) in [7, 11) is -3.75. The van der Waals surface area contributed by atoms with E-state index in [9.17, 15) is 13.2 Å². The number of benzene rings is 2. The molecule has 0 saturated heterocycles. The fourth-order valence-electron chi connectivity index (χ4n) is 4.20. The van der Waals surface area contributed by atoms with Crippen molar-refractivity contribution in [1.82, 2.24) is 0 Å². The van der Waals surface area contributed by atoms with Crippen LogP contribution in [0.2, 0.25) is 0 Å². The number of hydrogen-bond donors (Lipinski definition) is 0. The first-order chi connectivity index (χ1) is 12.0. The predicted molar refractivity (Wildman–Crippen MR) is 97.1 cm³/mol. The zero-order chi connectivity index (χ0) is 17.7. The monoisotopic (exact) mass is 353 g/mol. The van der Waals surface area contributed by atoms with Crippen LogP contribution in [0.15, 0.2) is 71.6 Å². The van der Waals surface area contributed by atoms with Gasteiger partial charge < -0.3 is 0 Å². The van der Waals surface area contributed by atoms with E-state index in [0.717, 1.165) is 5.56 Å². The average Bonchev–Trinajstić information content (AvgIpc) is 2.95. The smallest absolute Gasteiger partial charge is 0.264 e. The van der Waals surface area contributed by atoms with Crippen molar-refractivity contribution in [3.05, 3.63) is 72.3 Å². The summed E-state index contributed by atoms with van der Waals surface area (Å²) < 4.78 is 28.3. The molecular formula is C20H19NO3S. The van der Waals surface area contributed by atoms with E-state index in [1.165, 1.54) is 4.31 Å². The quantitative estimate of drug-likeness (QED) is 0.794. The number of Topliss-reactive ketones (excluding diaryl/α,β-unsaturated/α-hetero) is 1. The van der Waals surface area contributed by atoms with Crippen molar-refractivity contribution >= 4 is 21.5 Å². The number of ketones is 1. The molecule has 2 aliphatic rings. The van der Waals surface area contributed by atoms with Crippen molar-refractivity contribution in [1.29, 1.82) is 0 Å². The normalized spacial score (nSPS) is 24.7. The molecule has 2 atom stereocenters. The van der Waals surface area contributed by atoms with Gasteiger partial charge in [0.25, 0.3) is 10.0 Å². The van der Waals surface area contributed by atoms with Crippen LogP contribution in [0.1, 0.15) is 25.3 Å². The molecule has 0 fully saturated rings. The second kappa shape index (κ2) is 5.56. The third kappa shape index (κ3) is 2.12. The molecule has 1 aliphatic heterocycles. The maximum atomic E-state index is 13.4. The molecule has 1 aliphatic carbocycles. The van der Waals surface area contributed by atoms with E-state index < -0.39 is 21.5 Å². The molecule has 0 amide bonds. The number of anilines is 1. The lowest BCUT2D eigenvalue weighted by molar-refractivity contribution is -0.122. The van der Waals surface area contributed by atoms with Gasteiger partial charge >= 0.3 is 0 Å². The van der Waals surface area contributed by atoms with Gasteiger partial charge in [0.05, 0.1) is 22.0 Å². The highest BCUT2D eigenvalue weighted by Crippen LogP contribution is 2.52. The number of nitrogens with zero attached hydrogens (tertiary/aromatic N) is 1. The highest BCUT2D eigenvalue weighted by Gasteiger charge is 2.57. The van der Waals surface area contributed by atoms with Crippen molar-refractivity contribution < 1.29 is 13.2 Å². The molecule has 0 aromatic heterocycles. The van der Waals surface area contributed by atoms with Crippen molar-refractivity contribution in [2.45, 2.75) is 36.1 Å². The highest BCUT2D eigenvalue weighted by molar-refractivity contribution is 7.92. The second-order valence-corrected chi connectivity index (χ2v) is 8.40. The van der Waals surface area contributed by atoms with Gasteiger partial charge in [-0.25, -0.2) is 8.42 Å². The zero-order valence-corrected chi connectivity index (χ0v) is 14.7. The fourth-order valence-corrected chi connectivity index (χ4v) is 5.95. The molecule has 2 aromatic carbocycles. The number of allylic oxidation sites excluding steroid dienone is 1. The third-order valence-corrected chi connectivity index (χ3v) is 7.21. The Labute approximate surface area is 147 Å². The van der Waals surface area contributed by atoms with Crippen LogP contribution in [0, 0.1) is 0 Å². The first-order valence-corrected chi connectivity index (χ1v) is 9.78. The van der Waals surface area contributed by atoms with Crippen LogP contribution < -0.4 is 4.31 Å². The highest BCUT2D eigenvalue weighted by atomic mass is 32.2. The standard InChI is InChI=1S/C20H19NO3S/c1-15(22)20-14-8-7-13-19(20)21(18-12-6-5-11-17(18)20)25(23,24)16-9-3-2-4-10-16/h2-12,19H,13-14H2,1H3/t19-,20+/m0/s1. The van der Waals surface area contributed by atoms with Crippen LogP contribution in [-0.4, -0.2) is 20.2 Å². The van der Waals surface area contributed by atoms with Crippen molar-refractivity contribution in [3.8, 4) is 0 Å². The van der Waals surface area contributed by atoms with Gasteiger partial charge in [0.2, 0.25) is 0 Å². The molecule has 0 spiro atoms. The Kier molecular flexibility index (Phi) is 3.58. The van der Waals surface area contributed by atoms with Gasteiger partial charge in [0.15, 0.2) is 0 Å². The number of carbonyl (C=O) groups is 1. The molecule has 5 heteroatoms. The van der Waals surface area contributed by atoms with Gasteiger partial charge in [-0.1, -0.05) is 48.6 Å². The van der Waals surface area contributed by atoms with Crippen LogP contribution in [-0.2, 0) is 20.2 Å². The molecule has 0 unspecified atom stereocenters. The number of carbonyl (C=O) groups excluding carboxylic acids is 1. The van der Waals surface area contributed by atoms with Crippen LogP contribution in [0.25, 0.3) is 0 Å². The number of para-hydroxylation sites is 1. The van der Waals surface area contributed by atoms with Crippen molar-refractivity contribution in [2.24, 2.45) is 0 Å². The predicted octanol–water partition coefficient (Wildman–Crippen LogP) is 3.44. The van der Waals surface area contributed by atoms with Gasteiger partial charge in [-0.15, -0.1) is 0 Å². The molecule has 4 rings (SSSR count). The summed E-state index contributed by atoms with van der Waals surface area (Å²) in [5, 5.41) is 0. The number of hydrogen-bond acceptors (Lipinski definition) is 3. The minimum atomic E-state index is -3.75. The maximum Gasteiger partial charge on any atom is 0.264 e. The van der Waals surface area contributed by atoms with Crippen LogP contribution >= 0.6 is 0 Å². The minimum Gasteiger partial charge on any atom is -0.299 e. The molecule has 2 aromatic rings.